The topological polar surface area (TPSA) is 52.0 Å². The highest BCUT2D eigenvalue weighted by Gasteiger charge is 2.14. The van der Waals surface area contributed by atoms with Crippen molar-refractivity contribution in [2.24, 2.45) is 0 Å². The Morgan fingerprint density at radius 3 is 2.65 bits per heavy atom. The zero-order valence-corrected chi connectivity index (χ0v) is 15.7. The predicted molar refractivity (Wildman–Crippen MR) is 95.7 cm³/mol. The summed E-state index contributed by atoms with van der Waals surface area (Å²) in [6.07, 6.45) is 0. The average Bonchev–Trinajstić information content (AvgIpc) is 2.91. The van der Waals surface area contributed by atoms with Crippen molar-refractivity contribution in [1.29, 1.82) is 0 Å². The van der Waals surface area contributed by atoms with Crippen molar-refractivity contribution in [3.8, 4) is 11.5 Å². The summed E-state index contributed by atoms with van der Waals surface area (Å²) in [7, 11) is 5.16. The zero-order chi connectivity index (χ0) is 16.8. The van der Waals surface area contributed by atoms with Crippen LogP contribution in [0.4, 0.5) is 5.69 Å². The highest BCUT2D eigenvalue weighted by Crippen LogP contribution is 2.28. The monoisotopic (exact) mass is 399 g/mol. The predicted octanol–water partition coefficient (Wildman–Crippen LogP) is 2.18. The van der Waals surface area contributed by atoms with Gasteiger partial charge >= 0.3 is 0 Å². The Kier molecular flexibility index (Phi) is 6.44. The Labute approximate surface area is 148 Å². The third-order valence-corrected chi connectivity index (χ3v) is 4.87. The van der Waals surface area contributed by atoms with Gasteiger partial charge in [0.25, 0.3) is 5.91 Å². The second-order valence-electron chi connectivity index (χ2n) is 5.13. The molecule has 7 heteroatoms. The van der Waals surface area contributed by atoms with Gasteiger partial charge in [-0.05, 0) is 40.2 Å². The van der Waals surface area contributed by atoms with E-state index in [0.29, 0.717) is 23.7 Å². The number of quaternary nitrogens is 1. The quantitative estimate of drug-likeness (QED) is 0.749. The van der Waals surface area contributed by atoms with Crippen LogP contribution in [0.1, 0.15) is 4.88 Å². The molecular weight excluding hydrogens is 380 g/mol. The van der Waals surface area contributed by atoms with E-state index in [2.05, 4.69) is 27.3 Å². The summed E-state index contributed by atoms with van der Waals surface area (Å²) in [5.74, 6) is 1.22. The van der Waals surface area contributed by atoms with Gasteiger partial charge < -0.3 is 19.7 Å². The lowest BCUT2D eigenvalue weighted by Gasteiger charge is -2.15. The molecule has 1 aromatic carbocycles. The van der Waals surface area contributed by atoms with Crippen molar-refractivity contribution in [3.63, 3.8) is 0 Å². The van der Waals surface area contributed by atoms with Gasteiger partial charge in [0.05, 0.1) is 35.6 Å². The fourth-order valence-electron chi connectivity index (χ4n) is 2.19. The molecule has 124 valence electrons. The van der Waals surface area contributed by atoms with Gasteiger partial charge in [-0.25, -0.2) is 0 Å². The molecule has 0 bridgehead atoms. The summed E-state index contributed by atoms with van der Waals surface area (Å²) in [6.45, 7) is 1.18. The molecule has 0 radical (unpaired) electrons. The number of amides is 1. The SMILES string of the molecule is COc1ccc(OC)c(NC(=O)C[NH+](C)Cc2ccc(Br)s2)c1. The van der Waals surface area contributed by atoms with Crippen LogP contribution in [-0.4, -0.2) is 33.7 Å². The highest BCUT2D eigenvalue weighted by molar-refractivity contribution is 9.11. The van der Waals surface area contributed by atoms with Crippen LogP contribution in [0.5, 0.6) is 11.5 Å². The molecule has 5 nitrogen and oxygen atoms in total. The van der Waals surface area contributed by atoms with Crippen molar-refractivity contribution in [2.45, 2.75) is 6.54 Å². The van der Waals surface area contributed by atoms with Crippen LogP contribution in [0.3, 0.4) is 0 Å². The Bertz CT molecular complexity index is 675. The van der Waals surface area contributed by atoms with Gasteiger partial charge in [-0.15, -0.1) is 11.3 Å². The summed E-state index contributed by atoms with van der Waals surface area (Å²) < 4.78 is 11.6. The van der Waals surface area contributed by atoms with E-state index in [4.69, 9.17) is 9.47 Å². The van der Waals surface area contributed by atoms with Crippen LogP contribution in [-0.2, 0) is 11.3 Å². The fraction of sp³-hybridized carbons (Fsp3) is 0.312. The summed E-state index contributed by atoms with van der Waals surface area (Å²) >= 11 is 5.14. The molecule has 1 unspecified atom stereocenters. The first-order chi connectivity index (χ1) is 11.0. The molecule has 0 aliphatic heterocycles. The van der Waals surface area contributed by atoms with Crippen LogP contribution < -0.4 is 19.7 Å². The highest BCUT2D eigenvalue weighted by atomic mass is 79.9. The second-order valence-corrected chi connectivity index (χ2v) is 7.68. The lowest BCUT2D eigenvalue weighted by molar-refractivity contribution is -0.884. The molecule has 2 rings (SSSR count). The number of halogens is 1. The van der Waals surface area contributed by atoms with E-state index in [1.165, 1.54) is 4.88 Å². The Morgan fingerprint density at radius 2 is 2.04 bits per heavy atom. The molecule has 0 aliphatic carbocycles. The first-order valence-corrected chi connectivity index (χ1v) is 8.70. The van der Waals surface area contributed by atoms with E-state index in [9.17, 15) is 4.79 Å². The maximum atomic E-state index is 12.3. The number of carbonyl (C=O) groups is 1. The van der Waals surface area contributed by atoms with Gasteiger partial charge in [-0.1, -0.05) is 0 Å². The van der Waals surface area contributed by atoms with E-state index in [-0.39, 0.29) is 5.91 Å². The van der Waals surface area contributed by atoms with Gasteiger partial charge in [0.1, 0.15) is 18.0 Å². The molecule has 1 aromatic heterocycles. The number of carbonyl (C=O) groups excluding carboxylic acids is 1. The minimum atomic E-state index is -0.0651. The Balaban J connectivity index is 1.96. The fourth-order valence-corrected chi connectivity index (χ4v) is 3.78. The molecule has 2 aromatic rings. The molecule has 0 spiro atoms. The Morgan fingerprint density at radius 1 is 1.26 bits per heavy atom. The standard InChI is InChI=1S/C16H19BrN2O3S/c1-19(9-12-5-7-15(17)23-12)10-16(20)18-13-8-11(21-2)4-6-14(13)22-3/h4-8H,9-10H2,1-3H3,(H,18,20)/p+1. The third kappa shape index (κ3) is 5.23. The third-order valence-electron chi connectivity index (χ3n) is 3.25. The largest absolute Gasteiger partial charge is 0.497 e. The Hall–Kier alpha value is -1.57. The molecule has 0 fully saturated rings. The number of ether oxygens (including phenoxy) is 2. The smallest absolute Gasteiger partial charge is 0.279 e. The maximum absolute atomic E-state index is 12.3. The number of rotatable bonds is 7. The first-order valence-electron chi connectivity index (χ1n) is 7.09. The van der Waals surface area contributed by atoms with Gasteiger partial charge in [-0.2, -0.15) is 0 Å². The molecule has 1 atom stereocenters. The lowest BCUT2D eigenvalue weighted by Crippen LogP contribution is -3.08. The van der Waals surface area contributed by atoms with Gasteiger partial charge in [0.2, 0.25) is 0 Å². The molecule has 0 saturated heterocycles. The van der Waals surface area contributed by atoms with E-state index in [1.807, 2.05) is 13.1 Å². The van der Waals surface area contributed by atoms with Gasteiger partial charge in [0, 0.05) is 6.07 Å². The van der Waals surface area contributed by atoms with Crippen LogP contribution in [0.2, 0.25) is 0 Å². The molecule has 23 heavy (non-hydrogen) atoms. The second kappa shape index (κ2) is 8.33. The molecule has 0 saturated carbocycles. The van der Waals surface area contributed by atoms with Crippen molar-refractivity contribution < 1.29 is 19.2 Å². The minimum absolute atomic E-state index is 0.0651. The number of anilines is 1. The molecular formula is C16H20BrN2O3S+. The number of thiophene rings is 1. The number of hydrogen-bond donors (Lipinski definition) is 2. The van der Waals surface area contributed by atoms with Gasteiger partial charge in [-0.3, -0.25) is 4.79 Å². The van der Waals surface area contributed by atoms with E-state index < -0.39 is 0 Å². The van der Waals surface area contributed by atoms with Crippen LogP contribution in [0, 0.1) is 0 Å². The summed E-state index contributed by atoms with van der Waals surface area (Å²) in [5.41, 5.74) is 0.614. The molecule has 1 heterocycles. The van der Waals surface area contributed by atoms with E-state index in [0.717, 1.165) is 15.2 Å². The van der Waals surface area contributed by atoms with E-state index >= 15 is 0 Å². The van der Waals surface area contributed by atoms with Gasteiger partial charge in [0.15, 0.2) is 6.54 Å². The van der Waals surface area contributed by atoms with Crippen molar-refractivity contribution >= 4 is 38.9 Å². The zero-order valence-electron chi connectivity index (χ0n) is 13.3. The lowest BCUT2D eigenvalue weighted by atomic mass is 10.2. The number of nitrogens with one attached hydrogen (secondary N) is 2. The normalized spacial score (nSPS) is 11.8. The summed E-state index contributed by atoms with van der Waals surface area (Å²) in [4.78, 5) is 14.6. The van der Waals surface area contributed by atoms with E-state index in [1.54, 1.807) is 43.8 Å². The summed E-state index contributed by atoms with van der Waals surface area (Å²) in [6, 6.07) is 9.41. The van der Waals surface area contributed by atoms with Crippen molar-refractivity contribution in [1.82, 2.24) is 0 Å². The van der Waals surface area contributed by atoms with Crippen molar-refractivity contribution in [2.75, 3.05) is 33.1 Å². The summed E-state index contributed by atoms with van der Waals surface area (Å²) in [5, 5.41) is 2.89. The van der Waals surface area contributed by atoms with Crippen molar-refractivity contribution in [3.05, 3.63) is 39.0 Å². The molecule has 2 N–H and O–H groups in total. The minimum Gasteiger partial charge on any atom is -0.497 e. The number of likely N-dealkylation sites (N-methyl/N-ethyl adjacent to an activating group) is 1. The average molecular weight is 400 g/mol. The number of hydrogen-bond acceptors (Lipinski definition) is 4. The van der Waals surface area contributed by atoms with Crippen LogP contribution in [0.15, 0.2) is 34.1 Å². The molecule has 1 amide bonds. The first kappa shape index (κ1) is 17.8. The van der Waals surface area contributed by atoms with Crippen LogP contribution >= 0.6 is 27.3 Å². The maximum Gasteiger partial charge on any atom is 0.279 e. The molecule has 0 aliphatic rings. The van der Waals surface area contributed by atoms with Crippen LogP contribution in [0.25, 0.3) is 0 Å². The number of methoxy groups -OCH3 is 2. The number of benzene rings is 1.